The number of hydrogen-bond donors (Lipinski definition) is 0. The van der Waals surface area contributed by atoms with Crippen LogP contribution in [-0.2, 0) is 11.3 Å². The molecule has 1 aromatic heterocycles. The van der Waals surface area contributed by atoms with Crippen LogP contribution in [0.3, 0.4) is 0 Å². The Hall–Kier alpha value is -3.09. The SMILES string of the molecule is COc1cccn(CC(=O)c2ccc3c(c2)N(C)C(=O)C(C)O3)c1=O. The van der Waals surface area contributed by atoms with Crippen molar-refractivity contribution in [3.05, 3.63) is 52.4 Å². The monoisotopic (exact) mass is 342 g/mol. The Balaban J connectivity index is 1.90. The highest BCUT2D eigenvalue weighted by Crippen LogP contribution is 2.34. The normalized spacial score (nSPS) is 16.2. The van der Waals surface area contributed by atoms with E-state index in [0.29, 0.717) is 17.0 Å². The second-order valence-electron chi connectivity index (χ2n) is 5.77. The molecule has 0 radical (unpaired) electrons. The topological polar surface area (TPSA) is 77.8 Å². The molecule has 0 saturated carbocycles. The van der Waals surface area contributed by atoms with Gasteiger partial charge in [-0.05, 0) is 37.3 Å². The summed E-state index contributed by atoms with van der Waals surface area (Å²) in [4.78, 5) is 38.2. The lowest BCUT2D eigenvalue weighted by Crippen LogP contribution is -2.42. The Bertz CT molecular complexity index is 903. The maximum atomic E-state index is 12.6. The highest BCUT2D eigenvalue weighted by atomic mass is 16.5. The number of anilines is 1. The summed E-state index contributed by atoms with van der Waals surface area (Å²) in [6.07, 6.45) is 0.969. The molecule has 1 aliphatic rings. The predicted molar refractivity (Wildman–Crippen MR) is 91.5 cm³/mol. The third-order valence-corrected chi connectivity index (χ3v) is 4.14. The number of nitrogens with zero attached hydrogens (tertiary/aromatic N) is 2. The molecular formula is C18H18N2O5. The minimum absolute atomic E-state index is 0.121. The van der Waals surface area contributed by atoms with E-state index in [1.165, 1.54) is 22.8 Å². The number of aromatic nitrogens is 1. The van der Waals surface area contributed by atoms with Crippen molar-refractivity contribution in [2.24, 2.45) is 0 Å². The highest BCUT2D eigenvalue weighted by Gasteiger charge is 2.29. The van der Waals surface area contributed by atoms with Gasteiger partial charge in [0.1, 0.15) is 5.75 Å². The number of rotatable bonds is 4. The zero-order valence-electron chi connectivity index (χ0n) is 14.2. The van der Waals surface area contributed by atoms with Gasteiger partial charge in [-0.1, -0.05) is 0 Å². The Morgan fingerprint density at radius 2 is 2.04 bits per heavy atom. The molecule has 2 heterocycles. The summed E-state index contributed by atoms with van der Waals surface area (Å²) >= 11 is 0. The molecule has 1 aromatic carbocycles. The summed E-state index contributed by atoms with van der Waals surface area (Å²) < 4.78 is 11.8. The number of amides is 1. The number of benzene rings is 1. The van der Waals surface area contributed by atoms with Crippen LogP contribution in [0.4, 0.5) is 5.69 Å². The standard InChI is InChI=1S/C18H18N2O5/c1-11-17(22)19(2)13-9-12(6-7-15(13)25-11)14(21)10-20-8-4-5-16(24-3)18(20)23/h4-9,11H,10H2,1-3H3. The van der Waals surface area contributed by atoms with Crippen molar-refractivity contribution in [3.63, 3.8) is 0 Å². The van der Waals surface area contributed by atoms with Crippen molar-refractivity contribution in [3.8, 4) is 11.5 Å². The molecule has 1 unspecified atom stereocenters. The Kier molecular flexibility index (Phi) is 4.31. The van der Waals surface area contributed by atoms with Crippen LogP contribution >= 0.6 is 0 Å². The first-order valence-corrected chi connectivity index (χ1v) is 7.77. The van der Waals surface area contributed by atoms with Gasteiger partial charge in [0.2, 0.25) is 0 Å². The van der Waals surface area contributed by atoms with Gasteiger partial charge in [0.05, 0.1) is 19.3 Å². The van der Waals surface area contributed by atoms with Gasteiger partial charge >= 0.3 is 0 Å². The fraction of sp³-hybridized carbons (Fsp3) is 0.278. The largest absolute Gasteiger partial charge is 0.491 e. The summed E-state index contributed by atoms with van der Waals surface area (Å²) in [5.41, 5.74) is 0.555. The summed E-state index contributed by atoms with van der Waals surface area (Å²) in [6, 6.07) is 8.08. The van der Waals surface area contributed by atoms with Gasteiger partial charge in [0, 0.05) is 18.8 Å². The Morgan fingerprint density at radius 3 is 2.76 bits per heavy atom. The van der Waals surface area contributed by atoms with Gasteiger partial charge in [-0.3, -0.25) is 14.4 Å². The van der Waals surface area contributed by atoms with E-state index < -0.39 is 6.10 Å². The molecule has 7 heteroatoms. The molecule has 0 bridgehead atoms. The molecule has 130 valence electrons. The number of methoxy groups -OCH3 is 1. The first kappa shape index (κ1) is 16.8. The van der Waals surface area contributed by atoms with Crippen LogP contribution in [0.5, 0.6) is 11.5 Å². The van der Waals surface area contributed by atoms with Crippen molar-refractivity contribution in [1.29, 1.82) is 0 Å². The lowest BCUT2D eigenvalue weighted by atomic mass is 10.1. The van der Waals surface area contributed by atoms with E-state index in [4.69, 9.17) is 9.47 Å². The summed E-state index contributed by atoms with van der Waals surface area (Å²) in [5.74, 6) is 0.289. The number of pyridine rings is 1. The molecule has 2 aromatic rings. The van der Waals surface area contributed by atoms with Crippen molar-refractivity contribution in [2.45, 2.75) is 19.6 Å². The number of hydrogen-bond acceptors (Lipinski definition) is 5. The average Bonchev–Trinajstić information content (AvgIpc) is 2.61. The predicted octanol–water partition coefficient (Wildman–Crippen LogP) is 1.48. The first-order valence-electron chi connectivity index (χ1n) is 7.77. The van der Waals surface area contributed by atoms with Crippen LogP contribution < -0.4 is 19.9 Å². The van der Waals surface area contributed by atoms with Crippen LogP contribution in [0.2, 0.25) is 0 Å². The third kappa shape index (κ3) is 3.00. The van der Waals surface area contributed by atoms with Gasteiger partial charge < -0.3 is 18.9 Å². The van der Waals surface area contributed by atoms with E-state index in [1.54, 1.807) is 44.3 Å². The molecule has 0 fully saturated rings. The number of carbonyl (C=O) groups excluding carboxylic acids is 2. The smallest absolute Gasteiger partial charge is 0.293 e. The summed E-state index contributed by atoms with van der Waals surface area (Å²) in [7, 11) is 3.04. The van der Waals surface area contributed by atoms with E-state index in [9.17, 15) is 14.4 Å². The van der Waals surface area contributed by atoms with Crippen LogP contribution in [-0.4, -0.2) is 36.5 Å². The van der Waals surface area contributed by atoms with Crippen LogP contribution in [0.15, 0.2) is 41.3 Å². The van der Waals surface area contributed by atoms with Crippen LogP contribution in [0, 0.1) is 0 Å². The quantitative estimate of drug-likeness (QED) is 0.787. The molecule has 1 amide bonds. The summed E-state index contributed by atoms with van der Waals surface area (Å²) in [6.45, 7) is 1.56. The van der Waals surface area contributed by atoms with Crippen molar-refractivity contribution in [1.82, 2.24) is 4.57 Å². The zero-order valence-corrected chi connectivity index (χ0v) is 14.2. The number of ketones is 1. The summed E-state index contributed by atoms with van der Waals surface area (Å²) in [5, 5.41) is 0. The number of likely N-dealkylation sites (N-methyl/N-ethyl adjacent to an activating group) is 1. The van der Waals surface area contributed by atoms with Crippen LogP contribution in [0.1, 0.15) is 17.3 Å². The van der Waals surface area contributed by atoms with Gasteiger partial charge in [0.15, 0.2) is 17.6 Å². The molecular weight excluding hydrogens is 324 g/mol. The zero-order chi connectivity index (χ0) is 18.1. The Labute approximate surface area is 144 Å². The van der Waals surface area contributed by atoms with E-state index in [1.807, 2.05) is 0 Å². The second-order valence-corrected chi connectivity index (χ2v) is 5.77. The van der Waals surface area contributed by atoms with Crippen molar-refractivity contribution in [2.75, 3.05) is 19.1 Å². The molecule has 1 atom stereocenters. The number of fused-ring (bicyclic) bond motifs is 1. The molecule has 3 rings (SSSR count). The number of ether oxygens (including phenoxy) is 2. The van der Waals surface area contributed by atoms with E-state index in [-0.39, 0.29) is 29.5 Å². The number of carbonyl (C=O) groups is 2. The molecule has 0 spiro atoms. The molecule has 0 aliphatic carbocycles. The average molecular weight is 342 g/mol. The van der Waals surface area contributed by atoms with Crippen LogP contribution in [0.25, 0.3) is 0 Å². The second kappa shape index (κ2) is 6.43. The minimum atomic E-state index is -0.561. The Morgan fingerprint density at radius 1 is 1.28 bits per heavy atom. The van der Waals surface area contributed by atoms with Gasteiger partial charge in [-0.15, -0.1) is 0 Å². The first-order chi connectivity index (χ1) is 11.9. The third-order valence-electron chi connectivity index (χ3n) is 4.14. The molecule has 25 heavy (non-hydrogen) atoms. The maximum absolute atomic E-state index is 12.6. The molecule has 1 aliphatic heterocycles. The maximum Gasteiger partial charge on any atom is 0.293 e. The van der Waals surface area contributed by atoms with E-state index >= 15 is 0 Å². The van der Waals surface area contributed by atoms with Crippen molar-refractivity contribution < 1.29 is 19.1 Å². The van der Waals surface area contributed by atoms with Crippen molar-refractivity contribution >= 4 is 17.4 Å². The lowest BCUT2D eigenvalue weighted by Gasteiger charge is -2.30. The fourth-order valence-electron chi connectivity index (χ4n) is 2.73. The fourth-order valence-corrected chi connectivity index (χ4v) is 2.73. The van der Waals surface area contributed by atoms with Gasteiger partial charge in [0.25, 0.3) is 11.5 Å². The van der Waals surface area contributed by atoms with Gasteiger partial charge in [-0.2, -0.15) is 0 Å². The lowest BCUT2D eigenvalue weighted by molar-refractivity contribution is -0.125. The molecule has 0 saturated heterocycles. The minimum Gasteiger partial charge on any atom is -0.491 e. The molecule has 0 N–H and O–H groups in total. The van der Waals surface area contributed by atoms with Gasteiger partial charge in [-0.25, -0.2) is 0 Å². The van der Waals surface area contributed by atoms with E-state index in [0.717, 1.165) is 0 Å². The van der Waals surface area contributed by atoms with E-state index in [2.05, 4.69) is 0 Å². The highest BCUT2D eigenvalue weighted by molar-refractivity contribution is 6.02. The molecule has 7 nitrogen and oxygen atoms in total. The number of Topliss-reactive ketones (excluding diaryl/α,β-unsaturated/α-hetero) is 1.